The molecule has 0 radical (unpaired) electrons. The van der Waals surface area contributed by atoms with E-state index in [4.69, 9.17) is 8.83 Å². The second-order valence-electron chi connectivity index (χ2n) is 11.6. The Hall–Kier alpha value is -6.37. The second-order valence-corrected chi connectivity index (χ2v) is 11.6. The van der Waals surface area contributed by atoms with Gasteiger partial charge in [-0.1, -0.05) is 109 Å². The zero-order valence-electron chi connectivity index (χ0n) is 24.7. The van der Waals surface area contributed by atoms with Gasteiger partial charge in [-0.2, -0.15) is 5.26 Å². The van der Waals surface area contributed by atoms with Crippen molar-refractivity contribution in [1.29, 1.82) is 5.26 Å². The zero-order valence-corrected chi connectivity index (χ0v) is 24.7. The minimum atomic E-state index is 0.620. The summed E-state index contributed by atoms with van der Waals surface area (Å²) in [7, 11) is 0. The molecule has 0 spiro atoms. The Morgan fingerprint density at radius 1 is 0.413 bits per heavy atom. The summed E-state index contributed by atoms with van der Waals surface area (Å²) in [5.41, 5.74) is 12.4. The topological polar surface area (TPSA) is 50.1 Å². The molecule has 0 saturated heterocycles. The molecule has 0 aliphatic heterocycles. The van der Waals surface area contributed by atoms with Crippen LogP contribution in [-0.4, -0.2) is 0 Å². The van der Waals surface area contributed by atoms with Crippen molar-refractivity contribution in [1.82, 2.24) is 0 Å². The molecular formula is C43H25NO2. The number of para-hydroxylation sites is 3. The van der Waals surface area contributed by atoms with E-state index < -0.39 is 0 Å². The van der Waals surface area contributed by atoms with Crippen LogP contribution in [0.25, 0.3) is 88.4 Å². The Labute approximate surface area is 265 Å². The minimum Gasteiger partial charge on any atom is -0.456 e. The van der Waals surface area contributed by atoms with Crippen LogP contribution in [0.2, 0.25) is 0 Å². The van der Waals surface area contributed by atoms with Crippen molar-refractivity contribution in [2.45, 2.75) is 0 Å². The number of nitriles is 1. The van der Waals surface area contributed by atoms with E-state index in [-0.39, 0.29) is 0 Å². The first-order chi connectivity index (χ1) is 22.8. The maximum atomic E-state index is 9.78. The summed E-state index contributed by atoms with van der Waals surface area (Å²) < 4.78 is 13.0. The Kier molecular flexibility index (Phi) is 5.88. The molecule has 9 aromatic rings. The molecule has 46 heavy (non-hydrogen) atoms. The Morgan fingerprint density at radius 2 is 1.02 bits per heavy atom. The lowest BCUT2D eigenvalue weighted by Crippen LogP contribution is -1.94. The number of fused-ring (bicyclic) bond motifs is 6. The molecule has 2 aromatic heterocycles. The molecule has 0 unspecified atom stereocenters. The molecule has 0 N–H and O–H groups in total. The second kappa shape index (κ2) is 10.4. The molecule has 3 nitrogen and oxygen atoms in total. The van der Waals surface area contributed by atoms with Crippen molar-refractivity contribution < 1.29 is 8.83 Å². The highest BCUT2D eigenvalue weighted by atomic mass is 16.3. The van der Waals surface area contributed by atoms with Gasteiger partial charge in [0.1, 0.15) is 22.3 Å². The van der Waals surface area contributed by atoms with Crippen molar-refractivity contribution in [2.24, 2.45) is 0 Å². The number of benzene rings is 7. The van der Waals surface area contributed by atoms with Gasteiger partial charge in [0.25, 0.3) is 0 Å². The lowest BCUT2D eigenvalue weighted by atomic mass is 9.83. The van der Waals surface area contributed by atoms with Crippen LogP contribution in [-0.2, 0) is 0 Å². The largest absolute Gasteiger partial charge is 0.456 e. The molecular weight excluding hydrogens is 562 g/mol. The maximum absolute atomic E-state index is 9.78. The van der Waals surface area contributed by atoms with E-state index in [9.17, 15) is 5.26 Å². The van der Waals surface area contributed by atoms with E-state index in [0.29, 0.717) is 5.56 Å². The van der Waals surface area contributed by atoms with Crippen LogP contribution in [0.5, 0.6) is 0 Å². The van der Waals surface area contributed by atoms with E-state index in [2.05, 4.69) is 109 Å². The Bertz CT molecular complexity index is 2650. The van der Waals surface area contributed by atoms with Gasteiger partial charge in [-0.05, 0) is 81.4 Å². The fraction of sp³-hybridized carbons (Fsp3) is 0. The highest BCUT2D eigenvalue weighted by molar-refractivity contribution is 6.16. The summed E-state index contributed by atoms with van der Waals surface area (Å²) in [4.78, 5) is 0. The number of hydrogen-bond acceptors (Lipinski definition) is 3. The van der Waals surface area contributed by atoms with Crippen LogP contribution in [0.4, 0.5) is 0 Å². The summed E-state index contributed by atoms with van der Waals surface area (Å²) in [6.07, 6.45) is 0. The third-order valence-electron chi connectivity index (χ3n) is 8.91. The monoisotopic (exact) mass is 587 g/mol. The van der Waals surface area contributed by atoms with E-state index in [1.165, 1.54) is 0 Å². The standard InChI is InChI=1S/C43H25NO2/c44-26-27-11-8-14-29(23-27)30-24-36(32-17-10-22-40-42(32)35-16-5-7-21-39(35)45-40)41(28-12-2-1-3-13-28)37(25-30)34-19-9-18-33-31-15-4-6-20-38(31)46-43(33)34/h1-25H. The number of furan rings is 2. The summed E-state index contributed by atoms with van der Waals surface area (Å²) in [6.45, 7) is 0. The maximum Gasteiger partial charge on any atom is 0.143 e. The molecule has 0 atom stereocenters. The van der Waals surface area contributed by atoms with Crippen molar-refractivity contribution in [3.8, 4) is 50.6 Å². The predicted octanol–water partition coefficient (Wildman–Crippen LogP) is 12.0. The molecule has 7 aromatic carbocycles. The molecule has 2 heterocycles. The molecule has 0 fully saturated rings. The van der Waals surface area contributed by atoms with Gasteiger partial charge in [0.05, 0.1) is 11.6 Å². The molecule has 0 aliphatic rings. The first kappa shape index (κ1) is 26.1. The lowest BCUT2D eigenvalue weighted by molar-refractivity contribution is 0.669. The highest BCUT2D eigenvalue weighted by Gasteiger charge is 2.23. The van der Waals surface area contributed by atoms with Crippen LogP contribution in [0.1, 0.15) is 5.56 Å². The summed E-state index contributed by atoms with van der Waals surface area (Å²) in [5, 5.41) is 14.1. The smallest absolute Gasteiger partial charge is 0.143 e. The molecule has 0 saturated carbocycles. The van der Waals surface area contributed by atoms with Gasteiger partial charge in [0.15, 0.2) is 0 Å². The molecule has 0 aliphatic carbocycles. The van der Waals surface area contributed by atoms with Crippen LogP contribution in [0, 0.1) is 11.3 Å². The average Bonchev–Trinajstić information content (AvgIpc) is 3.70. The number of hydrogen-bond donors (Lipinski definition) is 0. The fourth-order valence-electron chi connectivity index (χ4n) is 6.88. The van der Waals surface area contributed by atoms with Gasteiger partial charge < -0.3 is 8.83 Å². The van der Waals surface area contributed by atoms with Crippen LogP contribution >= 0.6 is 0 Å². The SMILES string of the molecule is N#Cc1cccc(-c2cc(-c3cccc4c3oc3ccccc34)c(-c3ccccc3)c(-c3cccc4oc5ccccc5c34)c2)c1. The summed E-state index contributed by atoms with van der Waals surface area (Å²) in [6, 6.07) is 54.3. The van der Waals surface area contributed by atoms with Gasteiger partial charge in [-0.25, -0.2) is 0 Å². The van der Waals surface area contributed by atoms with E-state index >= 15 is 0 Å². The van der Waals surface area contributed by atoms with Gasteiger partial charge in [0.2, 0.25) is 0 Å². The van der Waals surface area contributed by atoms with Crippen LogP contribution < -0.4 is 0 Å². The van der Waals surface area contributed by atoms with Crippen molar-refractivity contribution in [3.05, 3.63) is 157 Å². The highest BCUT2D eigenvalue weighted by Crippen LogP contribution is 2.48. The fourth-order valence-corrected chi connectivity index (χ4v) is 6.88. The third-order valence-corrected chi connectivity index (χ3v) is 8.91. The van der Waals surface area contributed by atoms with Crippen LogP contribution in [0.15, 0.2) is 160 Å². The number of rotatable bonds is 4. The first-order valence-corrected chi connectivity index (χ1v) is 15.3. The first-order valence-electron chi connectivity index (χ1n) is 15.3. The minimum absolute atomic E-state index is 0.620. The summed E-state index contributed by atoms with van der Waals surface area (Å²) >= 11 is 0. The van der Waals surface area contributed by atoms with Gasteiger partial charge >= 0.3 is 0 Å². The summed E-state index contributed by atoms with van der Waals surface area (Å²) in [5.74, 6) is 0. The van der Waals surface area contributed by atoms with Gasteiger partial charge in [-0.15, -0.1) is 0 Å². The van der Waals surface area contributed by atoms with E-state index in [1.54, 1.807) is 0 Å². The predicted molar refractivity (Wildman–Crippen MR) is 187 cm³/mol. The Balaban J connectivity index is 1.46. The van der Waals surface area contributed by atoms with E-state index in [1.807, 2.05) is 48.5 Å². The normalized spacial score (nSPS) is 11.5. The number of nitrogens with zero attached hydrogens (tertiary/aromatic N) is 1. The van der Waals surface area contributed by atoms with Gasteiger partial charge in [-0.3, -0.25) is 0 Å². The van der Waals surface area contributed by atoms with Crippen molar-refractivity contribution in [3.63, 3.8) is 0 Å². The quantitative estimate of drug-likeness (QED) is 0.206. The third kappa shape index (κ3) is 4.05. The molecule has 9 rings (SSSR count). The van der Waals surface area contributed by atoms with E-state index in [0.717, 1.165) is 88.4 Å². The molecule has 0 bridgehead atoms. The van der Waals surface area contributed by atoms with Gasteiger partial charge in [0, 0.05) is 27.1 Å². The molecule has 0 amide bonds. The van der Waals surface area contributed by atoms with Crippen LogP contribution in [0.3, 0.4) is 0 Å². The lowest BCUT2D eigenvalue weighted by Gasteiger charge is -2.20. The Morgan fingerprint density at radius 3 is 1.85 bits per heavy atom. The zero-order chi connectivity index (χ0) is 30.6. The molecule has 3 heteroatoms. The van der Waals surface area contributed by atoms with Crippen molar-refractivity contribution in [2.75, 3.05) is 0 Å². The molecule has 214 valence electrons. The average molecular weight is 588 g/mol. The van der Waals surface area contributed by atoms with Crippen molar-refractivity contribution >= 4 is 43.9 Å².